The van der Waals surface area contributed by atoms with Gasteiger partial charge in [0.15, 0.2) is 0 Å². The van der Waals surface area contributed by atoms with Gasteiger partial charge in [-0.3, -0.25) is 14.8 Å². The van der Waals surface area contributed by atoms with E-state index in [4.69, 9.17) is 5.21 Å². The molecule has 0 aliphatic carbocycles. The van der Waals surface area contributed by atoms with Crippen LogP contribution in [0.2, 0.25) is 0 Å². The predicted molar refractivity (Wildman–Crippen MR) is 79.4 cm³/mol. The summed E-state index contributed by atoms with van der Waals surface area (Å²) in [6, 6.07) is 9.60. The van der Waals surface area contributed by atoms with Gasteiger partial charge in [-0.25, -0.2) is 5.48 Å². The van der Waals surface area contributed by atoms with E-state index in [9.17, 15) is 9.59 Å². The molecule has 20 heavy (non-hydrogen) atoms. The van der Waals surface area contributed by atoms with Gasteiger partial charge in [0.05, 0.1) is 0 Å². The van der Waals surface area contributed by atoms with Gasteiger partial charge in [-0.2, -0.15) is 0 Å². The van der Waals surface area contributed by atoms with Crippen LogP contribution in [0.4, 0.5) is 5.69 Å². The Bertz CT molecular complexity index is 380. The minimum Gasteiger partial charge on any atom is -0.326 e. The topological polar surface area (TPSA) is 78.4 Å². The molecule has 3 N–H and O–H groups in total. The molecule has 0 aliphatic rings. The molecule has 112 valence electrons. The Morgan fingerprint density at radius 2 is 1.70 bits per heavy atom. The molecule has 0 aromatic heterocycles. The van der Waals surface area contributed by atoms with Crippen molar-refractivity contribution in [2.24, 2.45) is 0 Å². The summed E-state index contributed by atoms with van der Waals surface area (Å²) < 4.78 is 0. The average molecular weight is 280 g/mol. The lowest BCUT2D eigenvalue weighted by Gasteiger charge is -2.04. The molecule has 1 rings (SSSR count). The minimum atomic E-state index is -0.440. The lowest BCUT2D eigenvalue weighted by Crippen LogP contribution is -2.12. The molecule has 0 bridgehead atoms. The van der Waals surface area contributed by atoms with E-state index < -0.39 is 5.91 Å². The van der Waals surface area contributed by atoms with Gasteiger partial charge in [0.25, 0.3) is 0 Å². The Labute approximate surface area is 120 Å². The number of unbranched alkanes of at least 4 members (excludes halogenated alkanes) is 3. The van der Waals surface area contributed by atoms with Crippen molar-refractivity contribution in [1.29, 1.82) is 0 Å². The van der Waals surface area contributed by atoms with Crippen LogP contribution in [0.15, 0.2) is 30.3 Å². The van der Waals surface area contributed by atoms with E-state index in [1.807, 2.05) is 30.3 Å². The number of hydrogen-bond donors (Lipinski definition) is 3. The monoisotopic (exact) mass is 280 g/mol. The molecule has 0 radical (unpaired) electrons. The fourth-order valence-corrected chi connectivity index (χ4v) is 1.46. The van der Waals surface area contributed by atoms with Gasteiger partial charge in [0, 0.05) is 19.0 Å². The molecule has 0 fully saturated rings. The van der Waals surface area contributed by atoms with Gasteiger partial charge in [-0.15, -0.1) is 0 Å². The highest BCUT2D eigenvalue weighted by Gasteiger charge is 2.00. The SMILES string of the molecule is CC(=O)NO.CCCCCCC(=O)Nc1ccccc1. The van der Waals surface area contributed by atoms with Crippen LogP contribution in [0.5, 0.6) is 0 Å². The standard InChI is InChI=1S/C13H19NO.C2H5NO2/c1-2-3-4-8-11-13(15)14-12-9-6-5-7-10-12;1-2(4)3-5/h5-7,9-10H,2-4,8,11H2,1H3,(H,14,15);5H,1H3,(H,3,4). The summed E-state index contributed by atoms with van der Waals surface area (Å²) in [6.45, 7) is 3.39. The first kappa shape index (κ1) is 18.1. The van der Waals surface area contributed by atoms with Crippen LogP contribution >= 0.6 is 0 Å². The van der Waals surface area contributed by atoms with Crippen LogP contribution in [0.25, 0.3) is 0 Å². The van der Waals surface area contributed by atoms with E-state index in [1.165, 1.54) is 25.2 Å². The van der Waals surface area contributed by atoms with Gasteiger partial charge in [-0.1, -0.05) is 44.4 Å². The smallest absolute Gasteiger partial charge is 0.240 e. The van der Waals surface area contributed by atoms with Crippen LogP contribution in [0.3, 0.4) is 0 Å². The van der Waals surface area contributed by atoms with Crippen LogP contribution in [-0.2, 0) is 9.59 Å². The Balaban J connectivity index is 0.000000621. The number of nitrogens with one attached hydrogen (secondary N) is 2. The highest BCUT2D eigenvalue weighted by molar-refractivity contribution is 5.90. The van der Waals surface area contributed by atoms with Gasteiger partial charge < -0.3 is 5.32 Å². The van der Waals surface area contributed by atoms with Crippen molar-refractivity contribution >= 4 is 17.5 Å². The Hall–Kier alpha value is -1.88. The number of rotatable bonds is 6. The third kappa shape index (κ3) is 11.2. The first-order valence-electron chi connectivity index (χ1n) is 6.85. The highest BCUT2D eigenvalue weighted by Crippen LogP contribution is 2.07. The maximum atomic E-state index is 11.5. The van der Waals surface area contributed by atoms with Gasteiger partial charge in [0.1, 0.15) is 0 Å². The molecule has 5 nitrogen and oxygen atoms in total. The molecule has 1 aromatic rings. The fourth-order valence-electron chi connectivity index (χ4n) is 1.46. The summed E-state index contributed by atoms with van der Waals surface area (Å²) >= 11 is 0. The molecule has 5 heteroatoms. The van der Waals surface area contributed by atoms with Crippen LogP contribution < -0.4 is 10.8 Å². The molecule has 0 atom stereocenters. The first-order chi connectivity index (χ1) is 9.60. The fraction of sp³-hybridized carbons (Fsp3) is 0.467. The Morgan fingerprint density at radius 1 is 1.10 bits per heavy atom. The van der Waals surface area contributed by atoms with Gasteiger partial charge >= 0.3 is 0 Å². The van der Waals surface area contributed by atoms with Crippen LogP contribution in [0.1, 0.15) is 46.0 Å². The van der Waals surface area contributed by atoms with E-state index in [2.05, 4.69) is 12.2 Å². The van der Waals surface area contributed by atoms with E-state index in [0.29, 0.717) is 6.42 Å². The van der Waals surface area contributed by atoms with Crippen molar-refractivity contribution in [3.05, 3.63) is 30.3 Å². The number of amides is 2. The minimum absolute atomic E-state index is 0.123. The van der Waals surface area contributed by atoms with E-state index in [-0.39, 0.29) is 5.91 Å². The van der Waals surface area contributed by atoms with Crippen molar-refractivity contribution in [2.45, 2.75) is 46.0 Å². The zero-order chi connectivity index (χ0) is 15.2. The maximum absolute atomic E-state index is 11.5. The molecule has 1 aromatic carbocycles. The van der Waals surface area contributed by atoms with E-state index >= 15 is 0 Å². The lowest BCUT2D eigenvalue weighted by atomic mass is 10.1. The molecule has 0 spiro atoms. The maximum Gasteiger partial charge on any atom is 0.240 e. The van der Waals surface area contributed by atoms with Crippen LogP contribution in [-0.4, -0.2) is 17.0 Å². The van der Waals surface area contributed by atoms with E-state index in [1.54, 1.807) is 0 Å². The number of hydroxylamine groups is 1. The second-order valence-corrected chi connectivity index (χ2v) is 4.39. The second kappa shape index (κ2) is 12.2. The second-order valence-electron chi connectivity index (χ2n) is 4.39. The van der Waals surface area contributed by atoms with Crippen molar-refractivity contribution in [1.82, 2.24) is 5.48 Å². The largest absolute Gasteiger partial charge is 0.326 e. The predicted octanol–water partition coefficient (Wildman–Crippen LogP) is 3.11. The van der Waals surface area contributed by atoms with Crippen molar-refractivity contribution in [2.75, 3.05) is 5.32 Å². The number of para-hydroxylation sites is 1. The molecule has 2 amide bonds. The quantitative estimate of drug-likeness (QED) is 0.425. The van der Waals surface area contributed by atoms with Crippen molar-refractivity contribution < 1.29 is 14.8 Å². The molecule has 0 heterocycles. The normalized spacial score (nSPS) is 9.15. The number of carbonyl (C=O) groups is 2. The molecule has 0 aliphatic heterocycles. The molecular weight excluding hydrogens is 256 g/mol. The first-order valence-corrected chi connectivity index (χ1v) is 6.85. The summed E-state index contributed by atoms with van der Waals surface area (Å²) in [7, 11) is 0. The summed E-state index contributed by atoms with van der Waals surface area (Å²) in [4.78, 5) is 20.9. The summed E-state index contributed by atoms with van der Waals surface area (Å²) in [6.07, 6.45) is 5.21. The number of anilines is 1. The molecule has 0 saturated heterocycles. The number of hydrogen-bond acceptors (Lipinski definition) is 3. The summed E-state index contributed by atoms with van der Waals surface area (Å²) in [5.41, 5.74) is 2.28. The summed E-state index contributed by atoms with van der Waals surface area (Å²) in [5.74, 6) is -0.317. The van der Waals surface area contributed by atoms with Gasteiger partial charge in [-0.05, 0) is 18.6 Å². The van der Waals surface area contributed by atoms with Crippen LogP contribution in [0, 0.1) is 0 Å². The average Bonchev–Trinajstić information content (AvgIpc) is 2.45. The molecule has 0 saturated carbocycles. The summed E-state index contributed by atoms with van der Waals surface area (Å²) in [5, 5.41) is 10.4. The Morgan fingerprint density at radius 3 is 2.20 bits per heavy atom. The van der Waals surface area contributed by atoms with Crippen molar-refractivity contribution in [3.8, 4) is 0 Å². The zero-order valence-electron chi connectivity index (χ0n) is 12.2. The highest BCUT2D eigenvalue weighted by atomic mass is 16.5. The van der Waals surface area contributed by atoms with E-state index in [0.717, 1.165) is 18.5 Å². The zero-order valence-corrected chi connectivity index (χ0v) is 12.2. The molecule has 0 unspecified atom stereocenters. The number of carbonyl (C=O) groups excluding carboxylic acids is 2. The molecular formula is C15H24N2O3. The Kier molecular flexibility index (Phi) is 11.0. The third-order valence-electron chi connectivity index (χ3n) is 2.47. The number of benzene rings is 1. The third-order valence-corrected chi connectivity index (χ3v) is 2.47. The van der Waals surface area contributed by atoms with Crippen molar-refractivity contribution in [3.63, 3.8) is 0 Å². The lowest BCUT2D eigenvalue weighted by molar-refractivity contribution is -0.126. The van der Waals surface area contributed by atoms with Gasteiger partial charge in [0.2, 0.25) is 11.8 Å².